The third-order valence-corrected chi connectivity index (χ3v) is 2.86. The lowest BCUT2D eigenvalue weighted by Crippen LogP contribution is -2.44. The number of nitrogens with one attached hydrogen (secondary N) is 1. The topological polar surface area (TPSA) is 111 Å². The van der Waals surface area contributed by atoms with Gasteiger partial charge in [0.25, 0.3) is 0 Å². The lowest BCUT2D eigenvalue weighted by Gasteiger charge is -2.27. The fourth-order valence-corrected chi connectivity index (χ4v) is 1.98. The summed E-state index contributed by atoms with van der Waals surface area (Å²) in [5.41, 5.74) is 5.86. The largest absolute Gasteiger partial charge is 0.443 e. The lowest BCUT2D eigenvalue weighted by molar-refractivity contribution is 0.0428. The van der Waals surface area contributed by atoms with Crippen molar-refractivity contribution >= 4 is 34.9 Å². The molecule has 25 heavy (non-hydrogen) atoms. The van der Waals surface area contributed by atoms with Crippen molar-refractivity contribution in [2.75, 3.05) is 10.6 Å². The molecule has 0 spiro atoms. The van der Waals surface area contributed by atoms with Gasteiger partial charge >= 0.3 is 12.2 Å². The van der Waals surface area contributed by atoms with Crippen LogP contribution in [0.5, 0.6) is 0 Å². The molecule has 0 aliphatic rings. The predicted molar refractivity (Wildman–Crippen MR) is 95.5 cm³/mol. The Kier molecular flexibility index (Phi) is 4.66. The third kappa shape index (κ3) is 4.85. The summed E-state index contributed by atoms with van der Waals surface area (Å²) >= 11 is 0. The zero-order chi connectivity index (χ0) is 19.0. The lowest BCUT2D eigenvalue weighted by atomic mass is 10.2. The first-order valence-corrected chi connectivity index (χ1v) is 7.87. The van der Waals surface area contributed by atoms with Crippen molar-refractivity contribution in [1.29, 1.82) is 0 Å². The van der Waals surface area contributed by atoms with E-state index in [1.54, 1.807) is 59.7 Å². The van der Waals surface area contributed by atoms with E-state index in [0.717, 1.165) is 4.90 Å². The maximum absolute atomic E-state index is 12.5. The Hall–Kier alpha value is -2.77. The summed E-state index contributed by atoms with van der Waals surface area (Å²) < 4.78 is 10.6. The van der Waals surface area contributed by atoms with Crippen molar-refractivity contribution in [3.05, 3.63) is 18.2 Å². The Bertz CT molecular complexity index is 771. The summed E-state index contributed by atoms with van der Waals surface area (Å²) in [5.74, 6) is 0.00380. The van der Waals surface area contributed by atoms with Crippen molar-refractivity contribution in [3.63, 3.8) is 0 Å². The van der Waals surface area contributed by atoms with Crippen molar-refractivity contribution in [2.24, 2.45) is 0 Å². The van der Waals surface area contributed by atoms with Crippen LogP contribution in [0, 0.1) is 0 Å². The standard InChI is InChI=1S/C17H24N4O4/c1-16(2,3)24-14(22)21(15(23)25-17(4,5)6)13-19-11-8-7-10(18)9-12(11)20-13/h7-9H,18H2,1-6H3,(H,19,20). The van der Waals surface area contributed by atoms with Crippen LogP contribution in [0.3, 0.4) is 0 Å². The molecule has 0 saturated carbocycles. The molecule has 0 saturated heterocycles. The fourth-order valence-electron chi connectivity index (χ4n) is 1.98. The number of H-pyrrole nitrogens is 1. The Morgan fingerprint density at radius 2 is 1.56 bits per heavy atom. The van der Waals surface area contributed by atoms with Crippen LogP contribution in [-0.4, -0.2) is 33.4 Å². The second-order valence-corrected chi connectivity index (χ2v) is 7.63. The van der Waals surface area contributed by atoms with Gasteiger partial charge in [0.1, 0.15) is 11.2 Å². The molecule has 0 radical (unpaired) electrons. The van der Waals surface area contributed by atoms with Crippen LogP contribution in [0.15, 0.2) is 18.2 Å². The molecular formula is C17H24N4O4. The van der Waals surface area contributed by atoms with Gasteiger partial charge in [-0.25, -0.2) is 14.6 Å². The number of nitrogens with two attached hydrogens (primary N) is 1. The van der Waals surface area contributed by atoms with Gasteiger partial charge in [0, 0.05) is 5.69 Å². The number of rotatable bonds is 1. The average Bonchev–Trinajstić information content (AvgIpc) is 2.76. The molecule has 0 unspecified atom stereocenters. The fraction of sp³-hybridized carbons (Fsp3) is 0.471. The second-order valence-electron chi connectivity index (χ2n) is 7.63. The highest BCUT2D eigenvalue weighted by Crippen LogP contribution is 2.23. The first kappa shape index (κ1) is 18.6. The third-order valence-electron chi connectivity index (χ3n) is 2.86. The number of carbonyl (C=O) groups is 2. The summed E-state index contributed by atoms with van der Waals surface area (Å²) in [7, 11) is 0. The Labute approximate surface area is 146 Å². The average molecular weight is 348 g/mol. The van der Waals surface area contributed by atoms with Gasteiger partial charge in [-0.15, -0.1) is 4.90 Å². The number of aromatic amines is 1. The summed E-state index contributed by atoms with van der Waals surface area (Å²) in [6, 6.07) is 5.03. The van der Waals surface area contributed by atoms with Crippen molar-refractivity contribution < 1.29 is 19.1 Å². The summed E-state index contributed by atoms with van der Waals surface area (Å²) in [6.07, 6.45) is -1.76. The molecule has 2 aromatic rings. The second kappa shape index (κ2) is 6.27. The van der Waals surface area contributed by atoms with Crippen LogP contribution in [0.25, 0.3) is 11.0 Å². The molecule has 1 aromatic heterocycles. The van der Waals surface area contributed by atoms with E-state index in [0.29, 0.717) is 16.7 Å². The molecule has 0 bridgehead atoms. The Morgan fingerprint density at radius 1 is 1.04 bits per heavy atom. The van der Waals surface area contributed by atoms with E-state index in [1.165, 1.54) is 0 Å². The van der Waals surface area contributed by atoms with E-state index >= 15 is 0 Å². The van der Waals surface area contributed by atoms with Crippen LogP contribution in [0.4, 0.5) is 21.2 Å². The van der Waals surface area contributed by atoms with Gasteiger partial charge in [0.2, 0.25) is 5.95 Å². The molecule has 0 atom stereocenters. The number of carbonyl (C=O) groups excluding carboxylic acids is 2. The van der Waals surface area contributed by atoms with Gasteiger partial charge in [0.05, 0.1) is 11.0 Å². The van der Waals surface area contributed by atoms with Crippen LogP contribution in [0.2, 0.25) is 0 Å². The number of benzene rings is 1. The first-order valence-electron chi connectivity index (χ1n) is 7.87. The molecule has 1 heterocycles. The van der Waals surface area contributed by atoms with Crippen molar-refractivity contribution in [2.45, 2.75) is 52.7 Å². The van der Waals surface area contributed by atoms with E-state index in [2.05, 4.69) is 9.97 Å². The molecule has 0 aliphatic carbocycles. The molecule has 0 fully saturated rings. The van der Waals surface area contributed by atoms with E-state index in [-0.39, 0.29) is 5.95 Å². The van der Waals surface area contributed by atoms with Crippen LogP contribution in [0.1, 0.15) is 41.5 Å². The van der Waals surface area contributed by atoms with Gasteiger partial charge in [-0.05, 0) is 59.7 Å². The van der Waals surface area contributed by atoms with Gasteiger partial charge in [0.15, 0.2) is 0 Å². The van der Waals surface area contributed by atoms with Crippen LogP contribution < -0.4 is 10.6 Å². The summed E-state index contributed by atoms with van der Waals surface area (Å²) in [5, 5.41) is 0. The van der Waals surface area contributed by atoms with E-state index < -0.39 is 23.4 Å². The van der Waals surface area contributed by atoms with Gasteiger partial charge < -0.3 is 20.2 Å². The number of ether oxygens (including phenoxy) is 2. The molecule has 136 valence electrons. The molecule has 8 nitrogen and oxygen atoms in total. The molecule has 2 amide bonds. The number of aromatic nitrogens is 2. The smallest absolute Gasteiger partial charge is 0.427 e. The predicted octanol–water partition coefficient (Wildman–Crippen LogP) is 3.82. The SMILES string of the molecule is CC(C)(C)OC(=O)N(C(=O)OC(C)(C)C)c1nc2ccc(N)cc2[nH]1. The molecule has 3 N–H and O–H groups in total. The molecule has 1 aromatic carbocycles. The number of nitrogen functional groups attached to an aromatic ring is 1. The zero-order valence-corrected chi connectivity index (χ0v) is 15.3. The minimum Gasteiger partial charge on any atom is -0.443 e. The highest BCUT2D eigenvalue weighted by Gasteiger charge is 2.34. The number of amides is 2. The van der Waals surface area contributed by atoms with Crippen molar-refractivity contribution in [3.8, 4) is 0 Å². The van der Waals surface area contributed by atoms with Crippen molar-refractivity contribution in [1.82, 2.24) is 9.97 Å². The summed E-state index contributed by atoms with van der Waals surface area (Å²) in [4.78, 5) is 33.0. The maximum Gasteiger partial charge on any atom is 0.427 e. The van der Waals surface area contributed by atoms with E-state index in [9.17, 15) is 9.59 Å². The molecule has 8 heteroatoms. The number of imide groups is 1. The molecular weight excluding hydrogens is 324 g/mol. The Balaban J connectivity index is 2.44. The van der Waals surface area contributed by atoms with Gasteiger partial charge in [-0.3, -0.25) is 0 Å². The Morgan fingerprint density at radius 3 is 2.04 bits per heavy atom. The number of anilines is 2. The normalized spacial score (nSPS) is 12.1. The monoisotopic (exact) mass is 348 g/mol. The number of hydrogen-bond acceptors (Lipinski definition) is 6. The zero-order valence-electron chi connectivity index (χ0n) is 15.3. The quantitative estimate of drug-likeness (QED) is 0.758. The van der Waals surface area contributed by atoms with Crippen LogP contribution >= 0.6 is 0 Å². The number of fused-ring (bicyclic) bond motifs is 1. The van der Waals surface area contributed by atoms with E-state index in [4.69, 9.17) is 15.2 Å². The maximum atomic E-state index is 12.5. The molecule has 0 aliphatic heterocycles. The summed E-state index contributed by atoms with van der Waals surface area (Å²) in [6.45, 7) is 10.2. The molecule has 2 rings (SSSR count). The van der Waals surface area contributed by atoms with E-state index in [1.807, 2.05) is 0 Å². The first-order chi connectivity index (χ1) is 11.4. The van der Waals surface area contributed by atoms with Gasteiger partial charge in [-0.1, -0.05) is 0 Å². The number of hydrogen-bond donors (Lipinski definition) is 2. The highest BCUT2D eigenvalue weighted by atomic mass is 16.6. The van der Waals surface area contributed by atoms with Crippen LogP contribution in [-0.2, 0) is 9.47 Å². The minimum absolute atomic E-state index is 0.00380. The highest BCUT2D eigenvalue weighted by molar-refractivity contribution is 6.09. The number of imidazole rings is 1. The van der Waals surface area contributed by atoms with Gasteiger partial charge in [-0.2, -0.15) is 0 Å². The minimum atomic E-state index is -0.881. The number of nitrogens with zero attached hydrogens (tertiary/aromatic N) is 2.